The first-order valence-electron chi connectivity index (χ1n) is 5.46. The number of hydrogen-bond acceptors (Lipinski definition) is 2. The Morgan fingerprint density at radius 3 is 2.43 bits per heavy atom. The van der Waals surface area contributed by atoms with Crippen LogP contribution in [0.15, 0.2) is 0 Å². The number of thiol groups is 1. The van der Waals surface area contributed by atoms with Crippen molar-refractivity contribution in [3.05, 3.63) is 0 Å². The third-order valence-corrected chi connectivity index (χ3v) is 2.39. The van der Waals surface area contributed by atoms with Crippen molar-refractivity contribution in [2.24, 2.45) is 5.92 Å². The first kappa shape index (κ1) is 13.8. The Hall–Kier alpha value is -0.180. The Morgan fingerprint density at radius 1 is 1.29 bits per heavy atom. The zero-order valence-electron chi connectivity index (χ0n) is 9.55. The number of carbonyl (C=O) groups is 1. The monoisotopic (exact) mass is 217 g/mol. The quantitative estimate of drug-likeness (QED) is 0.631. The van der Waals surface area contributed by atoms with Gasteiger partial charge in [0.1, 0.15) is 0 Å². The van der Waals surface area contributed by atoms with Crippen LogP contribution < -0.4 is 5.32 Å². The lowest BCUT2D eigenvalue weighted by Crippen LogP contribution is -2.32. The van der Waals surface area contributed by atoms with Gasteiger partial charge in [0.25, 0.3) is 0 Å². The molecule has 0 aromatic rings. The van der Waals surface area contributed by atoms with Crippen LogP contribution in [0.1, 0.15) is 46.5 Å². The lowest BCUT2D eigenvalue weighted by Gasteiger charge is -2.14. The summed E-state index contributed by atoms with van der Waals surface area (Å²) >= 11 is 4.02. The van der Waals surface area contributed by atoms with Crippen LogP contribution in [-0.2, 0) is 4.79 Å². The van der Waals surface area contributed by atoms with Gasteiger partial charge in [0.05, 0.1) is 0 Å². The van der Waals surface area contributed by atoms with Crippen molar-refractivity contribution in [2.45, 2.75) is 52.5 Å². The minimum Gasteiger partial charge on any atom is -0.354 e. The van der Waals surface area contributed by atoms with E-state index in [2.05, 4.69) is 38.7 Å². The fourth-order valence-corrected chi connectivity index (χ4v) is 1.56. The predicted molar refractivity (Wildman–Crippen MR) is 64.8 cm³/mol. The second kappa shape index (κ2) is 8.16. The summed E-state index contributed by atoms with van der Waals surface area (Å²) in [5.41, 5.74) is 0. The zero-order valence-corrected chi connectivity index (χ0v) is 10.4. The van der Waals surface area contributed by atoms with Crippen LogP contribution in [0.5, 0.6) is 0 Å². The Balaban J connectivity index is 3.44. The van der Waals surface area contributed by atoms with Crippen molar-refractivity contribution in [1.82, 2.24) is 5.32 Å². The van der Waals surface area contributed by atoms with Crippen LogP contribution in [0.3, 0.4) is 0 Å². The smallest absolute Gasteiger partial charge is 0.221 e. The number of hydrogen-bond donors (Lipinski definition) is 2. The second-order valence-electron chi connectivity index (χ2n) is 4.27. The van der Waals surface area contributed by atoms with Crippen LogP contribution in [-0.4, -0.2) is 17.7 Å². The molecule has 0 rings (SSSR count). The summed E-state index contributed by atoms with van der Waals surface area (Å²) in [5.74, 6) is 1.51. The molecule has 1 N–H and O–H groups in total. The van der Waals surface area contributed by atoms with E-state index in [1.54, 1.807) is 0 Å². The molecule has 1 amide bonds. The van der Waals surface area contributed by atoms with Crippen LogP contribution in [0.4, 0.5) is 0 Å². The summed E-state index contributed by atoms with van der Waals surface area (Å²) in [6, 6.07) is 0.307. The molecule has 14 heavy (non-hydrogen) atoms. The van der Waals surface area contributed by atoms with Gasteiger partial charge < -0.3 is 5.32 Å². The van der Waals surface area contributed by atoms with Crippen LogP contribution in [0, 0.1) is 5.92 Å². The van der Waals surface area contributed by atoms with Gasteiger partial charge in [-0.1, -0.05) is 26.7 Å². The molecule has 0 heterocycles. The summed E-state index contributed by atoms with van der Waals surface area (Å²) in [4.78, 5) is 11.2. The van der Waals surface area contributed by atoms with Gasteiger partial charge in [0.15, 0.2) is 0 Å². The highest BCUT2D eigenvalue weighted by molar-refractivity contribution is 7.80. The molecule has 0 bridgehead atoms. The van der Waals surface area contributed by atoms with E-state index in [1.165, 1.54) is 12.8 Å². The van der Waals surface area contributed by atoms with E-state index >= 15 is 0 Å². The van der Waals surface area contributed by atoms with Gasteiger partial charge in [-0.05, 0) is 25.0 Å². The molecule has 0 aromatic heterocycles. The first-order chi connectivity index (χ1) is 6.56. The van der Waals surface area contributed by atoms with Gasteiger partial charge in [-0.3, -0.25) is 4.79 Å². The minimum absolute atomic E-state index is 0.122. The highest BCUT2D eigenvalue weighted by Crippen LogP contribution is 2.08. The molecule has 0 radical (unpaired) electrons. The van der Waals surface area contributed by atoms with Crippen LogP contribution in [0.25, 0.3) is 0 Å². The molecule has 0 saturated heterocycles. The predicted octanol–water partition coefficient (Wildman–Crippen LogP) is 2.64. The number of rotatable bonds is 7. The fraction of sp³-hybridized carbons (Fsp3) is 0.909. The van der Waals surface area contributed by atoms with Crippen LogP contribution in [0.2, 0.25) is 0 Å². The molecular formula is C11H23NOS. The average Bonchev–Trinajstić information content (AvgIpc) is 2.03. The van der Waals surface area contributed by atoms with Crippen molar-refractivity contribution >= 4 is 18.5 Å². The lowest BCUT2D eigenvalue weighted by atomic mass is 10.0. The molecule has 2 nitrogen and oxygen atoms in total. The Labute approximate surface area is 93.3 Å². The number of carbonyl (C=O) groups excluding carboxylic acids is 1. The van der Waals surface area contributed by atoms with Crippen molar-refractivity contribution < 1.29 is 4.79 Å². The highest BCUT2D eigenvalue weighted by Gasteiger charge is 2.06. The van der Waals surface area contributed by atoms with Gasteiger partial charge >= 0.3 is 0 Å². The van der Waals surface area contributed by atoms with Gasteiger partial charge in [-0.15, -0.1) is 0 Å². The molecular weight excluding hydrogens is 194 g/mol. The molecule has 0 spiro atoms. The van der Waals surface area contributed by atoms with E-state index < -0.39 is 0 Å². The maximum Gasteiger partial charge on any atom is 0.221 e. The summed E-state index contributed by atoms with van der Waals surface area (Å²) in [7, 11) is 0. The Bertz CT molecular complexity index is 159. The maximum atomic E-state index is 11.2. The van der Waals surface area contributed by atoms with E-state index in [1.807, 2.05) is 0 Å². The standard InChI is InChI=1S/C11H23NOS/c1-9(2)5-4-6-10(3)12-11(13)7-8-14/h9-10,14H,4-8H2,1-3H3,(H,12,13). The summed E-state index contributed by atoms with van der Waals surface area (Å²) in [6.45, 7) is 6.52. The molecule has 0 aliphatic rings. The zero-order chi connectivity index (χ0) is 11.0. The number of amides is 1. The normalized spacial score (nSPS) is 12.9. The Morgan fingerprint density at radius 2 is 1.93 bits per heavy atom. The van der Waals surface area contributed by atoms with Crippen molar-refractivity contribution in [2.75, 3.05) is 5.75 Å². The van der Waals surface area contributed by atoms with Crippen molar-refractivity contribution in [1.29, 1.82) is 0 Å². The van der Waals surface area contributed by atoms with Gasteiger partial charge in [-0.2, -0.15) is 12.6 Å². The van der Waals surface area contributed by atoms with Gasteiger partial charge in [0, 0.05) is 12.5 Å². The highest BCUT2D eigenvalue weighted by atomic mass is 32.1. The maximum absolute atomic E-state index is 11.2. The fourth-order valence-electron chi connectivity index (χ4n) is 1.35. The number of nitrogens with one attached hydrogen (secondary N) is 1. The van der Waals surface area contributed by atoms with E-state index in [0.717, 1.165) is 12.3 Å². The molecule has 84 valence electrons. The lowest BCUT2D eigenvalue weighted by molar-refractivity contribution is -0.121. The molecule has 0 aliphatic carbocycles. The largest absolute Gasteiger partial charge is 0.354 e. The first-order valence-corrected chi connectivity index (χ1v) is 6.09. The molecule has 0 fully saturated rings. The molecule has 1 atom stereocenters. The third-order valence-electron chi connectivity index (χ3n) is 2.16. The molecule has 3 heteroatoms. The summed E-state index contributed by atoms with van der Waals surface area (Å²) < 4.78 is 0. The topological polar surface area (TPSA) is 29.1 Å². The molecule has 0 aromatic carbocycles. The molecule has 0 aliphatic heterocycles. The van der Waals surface area contributed by atoms with E-state index in [0.29, 0.717) is 18.2 Å². The SMILES string of the molecule is CC(C)CCCC(C)NC(=O)CCS. The molecule has 0 saturated carbocycles. The van der Waals surface area contributed by atoms with Gasteiger partial charge in [0.2, 0.25) is 5.91 Å². The van der Waals surface area contributed by atoms with Gasteiger partial charge in [-0.25, -0.2) is 0 Å². The second-order valence-corrected chi connectivity index (χ2v) is 4.71. The third kappa shape index (κ3) is 8.42. The van der Waals surface area contributed by atoms with E-state index in [-0.39, 0.29) is 5.91 Å². The van der Waals surface area contributed by atoms with Crippen molar-refractivity contribution in [3.63, 3.8) is 0 Å². The minimum atomic E-state index is 0.122. The summed E-state index contributed by atoms with van der Waals surface area (Å²) in [6.07, 6.45) is 4.04. The van der Waals surface area contributed by atoms with E-state index in [9.17, 15) is 4.79 Å². The van der Waals surface area contributed by atoms with Crippen LogP contribution >= 0.6 is 12.6 Å². The Kier molecular flexibility index (Phi) is 8.05. The summed E-state index contributed by atoms with van der Waals surface area (Å²) in [5, 5.41) is 2.97. The van der Waals surface area contributed by atoms with E-state index in [4.69, 9.17) is 0 Å². The van der Waals surface area contributed by atoms with Crippen molar-refractivity contribution in [3.8, 4) is 0 Å². The average molecular weight is 217 g/mol. The molecule has 1 unspecified atom stereocenters.